The smallest absolute Gasteiger partial charge is 0.199 e. The highest BCUT2D eigenvalue weighted by Crippen LogP contribution is 2.44. The zero-order chi connectivity index (χ0) is 35.1. The highest BCUT2D eigenvalue weighted by Gasteiger charge is 2.19. The summed E-state index contributed by atoms with van der Waals surface area (Å²) in [4.78, 5) is 15.2. The van der Waals surface area contributed by atoms with Crippen molar-refractivity contribution in [1.82, 2.24) is 15.0 Å². The molecule has 0 N–H and O–H groups in total. The molecule has 0 spiro atoms. The molecule has 53 heavy (non-hydrogen) atoms. The molecule has 0 saturated carbocycles. The lowest BCUT2D eigenvalue weighted by atomic mass is 9.86. The molecule has 0 bridgehead atoms. The van der Waals surface area contributed by atoms with Crippen molar-refractivity contribution in [2.45, 2.75) is 0 Å². The van der Waals surface area contributed by atoms with E-state index >= 15 is 0 Å². The van der Waals surface area contributed by atoms with Crippen LogP contribution >= 0.6 is 0 Å². The molecular weight excluding hydrogens is 647 g/mol. The summed E-state index contributed by atoms with van der Waals surface area (Å²) in [6.45, 7) is 0. The van der Waals surface area contributed by atoms with Crippen molar-refractivity contribution in [1.29, 1.82) is 0 Å². The number of furan rings is 1. The number of benzene rings is 8. The Bertz CT molecular complexity index is 2840. The molecule has 2 aromatic heterocycles. The molecular formula is C49H31N3O. The van der Waals surface area contributed by atoms with Crippen LogP contribution in [0.15, 0.2) is 192 Å². The number of hydrogen-bond donors (Lipinski definition) is 0. The summed E-state index contributed by atoms with van der Waals surface area (Å²) in [6.07, 6.45) is 0. The fourth-order valence-corrected chi connectivity index (χ4v) is 7.52. The predicted molar refractivity (Wildman–Crippen MR) is 217 cm³/mol. The third-order valence-electron chi connectivity index (χ3n) is 9.96. The summed E-state index contributed by atoms with van der Waals surface area (Å²) >= 11 is 0. The zero-order valence-corrected chi connectivity index (χ0v) is 28.6. The van der Waals surface area contributed by atoms with E-state index in [-0.39, 0.29) is 0 Å². The first-order valence-electron chi connectivity index (χ1n) is 17.8. The van der Waals surface area contributed by atoms with Crippen molar-refractivity contribution < 1.29 is 4.42 Å². The van der Waals surface area contributed by atoms with E-state index in [1.54, 1.807) is 0 Å². The van der Waals surface area contributed by atoms with Crippen molar-refractivity contribution in [3.05, 3.63) is 188 Å². The largest absolute Gasteiger partial charge is 0.453 e. The van der Waals surface area contributed by atoms with Crippen LogP contribution in [0.5, 0.6) is 0 Å². The number of aromatic nitrogens is 3. The topological polar surface area (TPSA) is 51.8 Å². The van der Waals surface area contributed by atoms with Gasteiger partial charge < -0.3 is 4.42 Å². The molecule has 8 aromatic carbocycles. The maximum Gasteiger partial charge on any atom is 0.199 e. The van der Waals surface area contributed by atoms with Crippen LogP contribution in [-0.4, -0.2) is 15.0 Å². The maximum absolute atomic E-state index is 6.30. The third kappa shape index (κ3) is 5.45. The van der Waals surface area contributed by atoms with Crippen LogP contribution in [0.2, 0.25) is 0 Å². The van der Waals surface area contributed by atoms with Crippen LogP contribution in [-0.2, 0) is 0 Å². The Kier molecular flexibility index (Phi) is 7.43. The molecule has 0 amide bonds. The maximum atomic E-state index is 6.30. The Hall–Kier alpha value is -7.17. The summed E-state index contributed by atoms with van der Waals surface area (Å²) in [7, 11) is 0. The number of rotatable bonds is 6. The summed E-state index contributed by atoms with van der Waals surface area (Å²) in [6, 6.07) is 65.3. The van der Waals surface area contributed by atoms with Crippen molar-refractivity contribution in [3.8, 4) is 67.7 Å². The van der Waals surface area contributed by atoms with Crippen LogP contribution in [0.25, 0.3) is 100 Å². The molecule has 0 aliphatic rings. The van der Waals surface area contributed by atoms with Gasteiger partial charge in [-0.1, -0.05) is 176 Å². The second-order valence-electron chi connectivity index (χ2n) is 13.2. The molecule has 0 radical (unpaired) electrons. The average Bonchev–Trinajstić information content (AvgIpc) is 3.68. The number of nitrogens with zero attached hydrogens (tertiary/aromatic N) is 3. The van der Waals surface area contributed by atoms with E-state index in [9.17, 15) is 0 Å². The molecule has 4 heteroatoms. The average molecular weight is 678 g/mol. The highest BCUT2D eigenvalue weighted by atomic mass is 16.3. The highest BCUT2D eigenvalue weighted by molar-refractivity contribution is 6.21. The van der Waals surface area contributed by atoms with Gasteiger partial charge in [-0.25, -0.2) is 15.0 Å². The quantitative estimate of drug-likeness (QED) is 0.164. The van der Waals surface area contributed by atoms with Gasteiger partial charge in [-0.2, -0.15) is 0 Å². The summed E-state index contributed by atoms with van der Waals surface area (Å²) in [5.74, 6) is 2.25. The number of fused-ring (bicyclic) bond motifs is 3. The molecule has 0 saturated heterocycles. The van der Waals surface area contributed by atoms with E-state index in [2.05, 4.69) is 127 Å². The van der Waals surface area contributed by atoms with Crippen molar-refractivity contribution in [3.63, 3.8) is 0 Å². The second kappa shape index (κ2) is 12.9. The monoisotopic (exact) mass is 677 g/mol. The minimum absolute atomic E-state index is 0.488. The van der Waals surface area contributed by atoms with Gasteiger partial charge in [0.1, 0.15) is 5.58 Å². The molecule has 4 nitrogen and oxygen atoms in total. The van der Waals surface area contributed by atoms with E-state index in [4.69, 9.17) is 19.4 Å². The third-order valence-corrected chi connectivity index (χ3v) is 9.96. The van der Waals surface area contributed by atoms with Gasteiger partial charge in [-0.05, 0) is 67.1 Å². The minimum Gasteiger partial charge on any atom is -0.453 e. The normalized spacial score (nSPS) is 11.4. The predicted octanol–water partition coefficient (Wildman–Crippen LogP) is 12.9. The van der Waals surface area contributed by atoms with Gasteiger partial charge in [0.15, 0.2) is 23.2 Å². The van der Waals surface area contributed by atoms with Crippen LogP contribution < -0.4 is 0 Å². The molecule has 0 unspecified atom stereocenters. The molecule has 0 aliphatic carbocycles. The van der Waals surface area contributed by atoms with E-state index in [0.29, 0.717) is 23.2 Å². The van der Waals surface area contributed by atoms with E-state index < -0.39 is 0 Å². The Labute approximate surface area is 306 Å². The fourth-order valence-electron chi connectivity index (χ4n) is 7.52. The lowest BCUT2D eigenvalue weighted by Gasteiger charge is -2.18. The van der Waals surface area contributed by atoms with E-state index in [1.807, 2.05) is 60.7 Å². The zero-order valence-electron chi connectivity index (χ0n) is 28.6. The van der Waals surface area contributed by atoms with Crippen LogP contribution in [0.1, 0.15) is 0 Å². The van der Waals surface area contributed by atoms with Gasteiger partial charge >= 0.3 is 0 Å². The van der Waals surface area contributed by atoms with Crippen LogP contribution in [0.4, 0.5) is 0 Å². The van der Waals surface area contributed by atoms with Gasteiger partial charge in [0.05, 0.1) is 0 Å². The summed E-state index contributed by atoms with van der Waals surface area (Å²) in [5, 5.41) is 5.88. The number of hydrogen-bond acceptors (Lipinski definition) is 4. The van der Waals surface area contributed by atoms with Crippen LogP contribution in [0, 0.1) is 0 Å². The van der Waals surface area contributed by atoms with Gasteiger partial charge in [0, 0.05) is 16.5 Å². The van der Waals surface area contributed by atoms with Crippen molar-refractivity contribution in [2.24, 2.45) is 0 Å². The Morgan fingerprint density at radius 3 is 1.40 bits per heavy atom. The van der Waals surface area contributed by atoms with Crippen molar-refractivity contribution >= 4 is 32.5 Å². The molecule has 0 aliphatic heterocycles. The minimum atomic E-state index is 0.488. The molecule has 10 rings (SSSR count). The molecule has 10 aromatic rings. The molecule has 248 valence electrons. The fraction of sp³-hybridized carbons (Fsp3) is 0. The lowest BCUT2D eigenvalue weighted by Crippen LogP contribution is -2.00. The SMILES string of the molecule is c1ccc(-c2ccccc2-c2nc(-c3ccc(-c4c5ccccc5c(-c5ccccc5)c5ccccc45)cc3)nc(-c3cc4ccccc4o3)n2)cc1. The lowest BCUT2D eigenvalue weighted by molar-refractivity contribution is 0.625. The first-order chi connectivity index (χ1) is 26.3. The Morgan fingerprint density at radius 2 is 0.774 bits per heavy atom. The molecule has 0 fully saturated rings. The summed E-state index contributed by atoms with van der Waals surface area (Å²) in [5.41, 5.74) is 9.55. The molecule has 0 atom stereocenters. The van der Waals surface area contributed by atoms with E-state index in [1.165, 1.54) is 38.2 Å². The van der Waals surface area contributed by atoms with Gasteiger partial charge in [0.2, 0.25) is 0 Å². The Morgan fingerprint density at radius 1 is 0.321 bits per heavy atom. The second-order valence-corrected chi connectivity index (χ2v) is 13.2. The number of para-hydroxylation sites is 1. The van der Waals surface area contributed by atoms with Crippen LogP contribution in [0.3, 0.4) is 0 Å². The van der Waals surface area contributed by atoms with Gasteiger partial charge in [0.25, 0.3) is 0 Å². The summed E-state index contributed by atoms with van der Waals surface area (Å²) < 4.78 is 6.30. The van der Waals surface area contributed by atoms with Gasteiger partial charge in [-0.3, -0.25) is 0 Å². The standard InChI is InChI=1S/C49H31N3O/c1-3-15-32(16-4-1)37-20-8-13-25-42(37)48-50-47(51-49(52-48)44-31-36-19-7-14-26-43(36)53-44)35-29-27-34(28-30-35)46-40-23-11-9-21-38(40)45(33-17-5-2-6-18-33)39-22-10-12-24-41(39)46/h1-31H. The van der Waals surface area contributed by atoms with Gasteiger partial charge in [-0.15, -0.1) is 0 Å². The van der Waals surface area contributed by atoms with Crippen molar-refractivity contribution in [2.75, 3.05) is 0 Å². The van der Waals surface area contributed by atoms with E-state index in [0.717, 1.165) is 38.8 Å². The molecule has 2 heterocycles. The first-order valence-corrected chi connectivity index (χ1v) is 17.8. The Balaban J connectivity index is 1.14. The first kappa shape index (κ1) is 30.6.